The predicted octanol–water partition coefficient (Wildman–Crippen LogP) is 0.921. The lowest BCUT2D eigenvalue weighted by Crippen LogP contribution is -2.02. The molecule has 0 aliphatic carbocycles. The van der Waals surface area contributed by atoms with Gasteiger partial charge in [-0.2, -0.15) is 0 Å². The van der Waals surface area contributed by atoms with Crippen LogP contribution in [0.5, 0.6) is 0 Å². The Balaban J connectivity index is 2.59. The molecule has 0 unspecified atom stereocenters. The van der Waals surface area contributed by atoms with Crippen molar-refractivity contribution in [2.24, 2.45) is 0 Å². The maximum atomic E-state index is 10.9. The second-order valence-corrected chi connectivity index (χ2v) is 3.15. The van der Waals surface area contributed by atoms with E-state index in [1.165, 1.54) is 7.11 Å². The van der Waals surface area contributed by atoms with E-state index in [4.69, 9.17) is 5.11 Å². The molecule has 0 amide bonds. The number of esters is 1. The number of aliphatic hydroxyl groups is 1. The van der Waals surface area contributed by atoms with Crippen LogP contribution in [0.4, 0.5) is 0 Å². The molecule has 4 heteroatoms. The number of carbonyl (C=O) groups excluding carboxylic acids is 1. The first-order chi connectivity index (χ1) is 6.69. The molecule has 14 heavy (non-hydrogen) atoms. The number of aromatic nitrogens is 1. The first kappa shape index (κ1) is 10.8. The quantitative estimate of drug-likeness (QED) is 0.705. The molecule has 4 nitrogen and oxygen atoms in total. The van der Waals surface area contributed by atoms with E-state index < -0.39 is 0 Å². The molecule has 2 N–H and O–H groups in total. The van der Waals surface area contributed by atoms with Gasteiger partial charge in [0.05, 0.1) is 13.7 Å². The topological polar surface area (TPSA) is 62.3 Å². The zero-order valence-electron chi connectivity index (χ0n) is 8.46. The molecule has 1 rings (SSSR count). The molecule has 1 aromatic heterocycles. The summed E-state index contributed by atoms with van der Waals surface area (Å²) in [5.74, 6) is -0.212. The average molecular weight is 197 g/mol. The minimum Gasteiger partial charge on any atom is -0.469 e. The highest BCUT2D eigenvalue weighted by Crippen LogP contribution is 2.14. The zero-order valence-corrected chi connectivity index (χ0v) is 8.46. The first-order valence-corrected chi connectivity index (χ1v) is 4.52. The molecule has 0 atom stereocenters. The summed E-state index contributed by atoms with van der Waals surface area (Å²) >= 11 is 0. The monoisotopic (exact) mass is 197 g/mol. The first-order valence-electron chi connectivity index (χ1n) is 4.52. The van der Waals surface area contributed by atoms with E-state index in [2.05, 4.69) is 9.72 Å². The van der Waals surface area contributed by atoms with Gasteiger partial charge in [-0.05, 0) is 24.5 Å². The summed E-state index contributed by atoms with van der Waals surface area (Å²) < 4.78 is 4.55. The van der Waals surface area contributed by atoms with Crippen molar-refractivity contribution < 1.29 is 14.6 Å². The van der Waals surface area contributed by atoms with Gasteiger partial charge < -0.3 is 14.8 Å². The highest BCUT2D eigenvalue weighted by molar-refractivity contribution is 5.69. The molecule has 0 aliphatic rings. The molecule has 0 aromatic carbocycles. The van der Waals surface area contributed by atoms with Crippen molar-refractivity contribution >= 4 is 5.97 Å². The Bertz CT molecular complexity index is 317. The molecular formula is C10H15NO3. The Morgan fingerprint density at radius 3 is 2.86 bits per heavy atom. The number of hydrogen-bond donors (Lipinski definition) is 2. The number of hydrogen-bond acceptors (Lipinski definition) is 3. The third-order valence-corrected chi connectivity index (χ3v) is 2.34. The molecule has 1 aromatic rings. The molecule has 0 spiro atoms. The number of methoxy groups -OCH3 is 1. The summed E-state index contributed by atoms with van der Waals surface area (Å²) in [6.07, 6.45) is 2.85. The van der Waals surface area contributed by atoms with Crippen LogP contribution in [0.15, 0.2) is 6.20 Å². The van der Waals surface area contributed by atoms with Crippen molar-refractivity contribution in [3.63, 3.8) is 0 Å². The average Bonchev–Trinajstić information content (AvgIpc) is 2.56. The number of aryl methyl sites for hydroxylation is 1. The second-order valence-electron chi connectivity index (χ2n) is 3.15. The van der Waals surface area contributed by atoms with Crippen LogP contribution in [0.1, 0.15) is 23.2 Å². The molecule has 0 saturated carbocycles. The standard InChI is InChI=1S/C10H15NO3/c1-7-8(3-4-10(13)14-2)5-11-9(7)6-12/h5,11-12H,3-4,6H2,1-2H3. The number of rotatable bonds is 4. The fourth-order valence-electron chi connectivity index (χ4n) is 1.35. The van der Waals surface area contributed by atoms with E-state index in [1.54, 1.807) is 0 Å². The normalized spacial score (nSPS) is 10.2. The predicted molar refractivity (Wildman–Crippen MR) is 51.8 cm³/mol. The van der Waals surface area contributed by atoms with Gasteiger partial charge in [-0.15, -0.1) is 0 Å². The Labute approximate surface area is 82.9 Å². The van der Waals surface area contributed by atoms with Crippen molar-refractivity contribution in [1.29, 1.82) is 0 Å². The van der Waals surface area contributed by atoms with Crippen LogP contribution in [-0.2, 0) is 22.6 Å². The summed E-state index contributed by atoms with van der Waals surface area (Å²) in [5, 5.41) is 8.93. The van der Waals surface area contributed by atoms with Crippen molar-refractivity contribution in [1.82, 2.24) is 4.98 Å². The van der Waals surface area contributed by atoms with Gasteiger partial charge in [-0.1, -0.05) is 0 Å². The van der Waals surface area contributed by atoms with Gasteiger partial charge in [-0.25, -0.2) is 0 Å². The second kappa shape index (κ2) is 4.81. The van der Waals surface area contributed by atoms with E-state index in [-0.39, 0.29) is 12.6 Å². The van der Waals surface area contributed by atoms with Crippen LogP contribution in [0.2, 0.25) is 0 Å². The minimum atomic E-state index is -0.212. The fourth-order valence-corrected chi connectivity index (χ4v) is 1.35. The molecular weight excluding hydrogens is 182 g/mol. The Morgan fingerprint density at radius 1 is 1.64 bits per heavy atom. The van der Waals surface area contributed by atoms with Gasteiger partial charge in [-0.3, -0.25) is 4.79 Å². The lowest BCUT2D eigenvalue weighted by Gasteiger charge is -1.99. The summed E-state index contributed by atoms with van der Waals surface area (Å²) in [5.41, 5.74) is 2.89. The summed E-state index contributed by atoms with van der Waals surface area (Å²) in [7, 11) is 1.38. The number of aliphatic hydroxyl groups excluding tert-OH is 1. The molecule has 0 fully saturated rings. The maximum absolute atomic E-state index is 10.9. The van der Waals surface area contributed by atoms with Crippen LogP contribution in [0.25, 0.3) is 0 Å². The van der Waals surface area contributed by atoms with Gasteiger partial charge >= 0.3 is 5.97 Å². The third kappa shape index (κ3) is 2.35. The Hall–Kier alpha value is -1.29. The molecule has 0 bridgehead atoms. The highest BCUT2D eigenvalue weighted by atomic mass is 16.5. The zero-order chi connectivity index (χ0) is 10.6. The van der Waals surface area contributed by atoms with Crippen molar-refractivity contribution in [2.75, 3.05) is 7.11 Å². The van der Waals surface area contributed by atoms with Crippen molar-refractivity contribution in [3.8, 4) is 0 Å². The Morgan fingerprint density at radius 2 is 2.36 bits per heavy atom. The van der Waals surface area contributed by atoms with Crippen LogP contribution in [0.3, 0.4) is 0 Å². The van der Waals surface area contributed by atoms with Crippen LogP contribution in [-0.4, -0.2) is 23.2 Å². The summed E-state index contributed by atoms with van der Waals surface area (Å²) in [4.78, 5) is 13.9. The van der Waals surface area contributed by atoms with Gasteiger partial charge in [0.15, 0.2) is 0 Å². The van der Waals surface area contributed by atoms with Crippen LogP contribution in [0, 0.1) is 6.92 Å². The van der Waals surface area contributed by atoms with Crippen molar-refractivity contribution in [2.45, 2.75) is 26.4 Å². The van der Waals surface area contributed by atoms with Crippen molar-refractivity contribution in [3.05, 3.63) is 23.0 Å². The summed E-state index contributed by atoms with van der Waals surface area (Å²) in [6, 6.07) is 0. The largest absolute Gasteiger partial charge is 0.469 e. The highest BCUT2D eigenvalue weighted by Gasteiger charge is 2.08. The van der Waals surface area contributed by atoms with Crippen LogP contribution < -0.4 is 0 Å². The maximum Gasteiger partial charge on any atom is 0.305 e. The van der Waals surface area contributed by atoms with Gasteiger partial charge in [0.25, 0.3) is 0 Å². The molecule has 1 heterocycles. The molecule has 0 saturated heterocycles. The van der Waals surface area contributed by atoms with E-state index in [9.17, 15) is 4.79 Å². The smallest absolute Gasteiger partial charge is 0.305 e. The molecule has 78 valence electrons. The lowest BCUT2D eigenvalue weighted by molar-refractivity contribution is -0.140. The van der Waals surface area contributed by atoms with Gasteiger partial charge in [0.1, 0.15) is 0 Å². The SMILES string of the molecule is COC(=O)CCc1c[nH]c(CO)c1C. The summed E-state index contributed by atoms with van der Waals surface area (Å²) in [6.45, 7) is 1.93. The third-order valence-electron chi connectivity index (χ3n) is 2.34. The van der Waals surface area contributed by atoms with Crippen LogP contribution >= 0.6 is 0 Å². The molecule has 0 aliphatic heterocycles. The van der Waals surface area contributed by atoms with Gasteiger partial charge in [0.2, 0.25) is 0 Å². The number of carbonyl (C=O) groups is 1. The fraction of sp³-hybridized carbons (Fsp3) is 0.500. The van der Waals surface area contributed by atoms with E-state index >= 15 is 0 Å². The van der Waals surface area contributed by atoms with Gasteiger partial charge in [0, 0.05) is 18.3 Å². The number of aromatic amines is 1. The molecule has 0 radical (unpaired) electrons. The number of ether oxygens (including phenoxy) is 1. The van der Waals surface area contributed by atoms with E-state index in [0.29, 0.717) is 12.8 Å². The van der Waals surface area contributed by atoms with E-state index in [0.717, 1.165) is 16.8 Å². The Kier molecular flexibility index (Phi) is 3.71. The minimum absolute atomic E-state index is 0.00403. The van der Waals surface area contributed by atoms with E-state index in [1.807, 2.05) is 13.1 Å². The number of H-pyrrole nitrogens is 1. The number of nitrogens with one attached hydrogen (secondary N) is 1. The lowest BCUT2D eigenvalue weighted by atomic mass is 10.1.